The Kier molecular flexibility index (Phi) is 7.28. The molecular weight excluding hydrogens is 364 g/mol. The topological polar surface area (TPSA) is 71.7 Å². The van der Waals surface area contributed by atoms with Gasteiger partial charge in [0.25, 0.3) is 0 Å². The summed E-state index contributed by atoms with van der Waals surface area (Å²) in [6.45, 7) is 6.23. The van der Waals surface area contributed by atoms with Crippen LogP contribution >= 0.6 is 0 Å². The first-order chi connectivity index (χ1) is 14.2. The van der Waals surface area contributed by atoms with Crippen LogP contribution in [0.15, 0.2) is 64.2 Å². The first kappa shape index (κ1) is 20.5. The second-order valence-electron chi connectivity index (χ2n) is 6.73. The van der Waals surface area contributed by atoms with E-state index < -0.39 is 0 Å². The Morgan fingerprint density at radius 1 is 1.07 bits per heavy atom. The van der Waals surface area contributed by atoms with Crippen LogP contribution in [0.2, 0.25) is 0 Å². The predicted octanol–water partition coefficient (Wildman–Crippen LogP) is 3.96. The van der Waals surface area contributed by atoms with Crippen LogP contribution in [0.4, 0.5) is 0 Å². The van der Waals surface area contributed by atoms with Gasteiger partial charge in [-0.3, -0.25) is 0 Å². The zero-order chi connectivity index (χ0) is 20.5. The van der Waals surface area contributed by atoms with Gasteiger partial charge in [0.2, 0.25) is 5.89 Å². The molecule has 2 aromatic carbocycles. The predicted molar refractivity (Wildman–Crippen MR) is 116 cm³/mol. The molecule has 0 fully saturated rings. The smallest absolute Gasteiger partial charge is 0.226 e. The van der Waals surface area contributed by atoms with Crippen LogP contribution < -0.4 is 15.4 Å². The number of aliphatic imine (C=N–C) groups is 1. The summed E-state index contributed by atoms with van der Waals surface area (Å²) in [5.41, 5.74) is 4.25. The normalized spacial score (nSPS) is 11.3. The number of methoxy groups -OCH3 is 1. The number of aryl methyl sites for hydroxylation is 1. The lowest BCUT2D eigenvalue weighted by Gasteiger charge is -2.10. The maximum Gasteiger partial charge on any atom is 0.226 e. The van der Waals surface area contributed by atoms with E-state index in [1.165, 1.54) is 5.56 Å². The molecule has 0 aliphatic heterocycles. The van der Waals surface area contributed by atoms with Crippen molar-refractivity contribution in [3.8, 4) is 17.2 Å². The lowest BCUT2D eigenvalue weighted by Crippen LogP contribution is -2.38. The van der Waals surface area contributed by atoms with Crippen molar-refractivity contribution in [2.75, 3.05) is 20.2 Å². The number of aromatic nitrogens is 1. The van der Waals surface area contributed by atoms with Crippen molar-refractivity contribution in [1.82, 2.24) is 15.6 Å². The highest BCUT2D eigenvalue weighted by molar-refractivity contribution is 5.79. The van der Waals surface area contributed by atoms with Crippen LogP contribution in [0.3, 0.4) is 0 Å². The van der Waals surface area contributed by atoms with Crippen LogP contribution in [-0.2, 0) is 13.0 Å². The molecule has 6 heteroatoms. The maximum atomic E-state index is 5.62. The second-order valence-corrected chi connectivity index (χ2v) is 6.73. The number of nitrogens with one attached hydrogen (secondary N) is 2. The summed E-state index contributed by atoms with van der Waals surface area (Å²) in [7, 11) is 1.67. The number of rotatable bonds is 8. The lowest BCUT2D eigenvalue weighted by atomic mass is 10.1. The first-order valence-electron chi connectivity index (χ1n) is 9.84. The van der Waals surface area contributed by atoms with Crippen molar-refractivity contribution in [2.45, 2.75) is 26.8 Å². The van der Waals surface area contributed by atoms with E-state index in [0.717, 1.165) is 41.5 Å². The second kappa shape index (κ2) is 10.3. The monoisotopic (exact) mass is 392 g/mol. The number of guanidine groups is 1. The first-order valence-corrected chi connectivity index (χ1v) is 9.84. The molecule has 0 unspecified atom stereocenters. The molecule has 0 amide bonds. The summed E-state index contributed by atoms with van der Waals surface area (Å²) < 4.78 is 10.8. The molecule has 0 saturated carbocycles. The lowest BCUT2D eigenvalue weighted by molar-refractivity contribution is 0.414. The van der Waals surface area contributed by atoms with Crippen LogP contribution in [-0.4, -0.2) is 31.1 Å². The molecule has 0 saturated heterocycles. The van der Waals surface area contributed by atoms with Gasteiger partial charge in [-0.15, -0.1) is 0 Å². The van der Waals surface area contributed by atoms with Crippen LogP contribution in [0.1, 0.15) is 23.7 Å². The molecule has 6 nitrogen and oxygen atoms in total. The SMILES string of the molecule is CCNC(=NCc1ccc(OC)cc1)NCCc1coc(-c2ccc(C)cc2)n1. The van der Waals surface area contributed by atoms with Crippen molar-refractivity contribution < 1.29 is 9.15 Å². The van der Waals surface area contributed by atoms with E-state index in [1.54, 1.807) is 13.4 Å². The molecule has 3 aromatic rings. The number of ether oxygens (including phenoxy) is 1. The van der Waals surface area contributed by atoms with Gasteiger partial charge >= 0.3 is 0 Å². The minimum Gasteiger partial charge on any atom is -0.497 e. The Morgan fingerprint density at radius 2 is 1.83 bits per heavy atom. The van der Waals surface area contributed by atoms with E-state index in [0.29, 0.717) is 19.0 Å². The van der Waals surface area contributed by atoms with Gasteiger partial charge in [0.1, 0.15) is 12.0 Å². The van der Waals surface area contributed by atoms with Gasteiger partial charge in [-0.1, -0.05) is 29.8 Å². The Morgan fingerprint density at radius 3 is 2.52 bits per heavy atom. The van der Waals surface area contributed by atoms with Gasteiger partial charge in [0.05, 0.1) is 19.3 Å². The van der Waals surface area contributed by atoms with Gasteiger partial charge in [-0.2, -0.15) is 0 Å². The summed E-state index contributed by atoms with van der Waals surface area (Å²) in [5, 5.41) is 6.62. The minimum atomic E-state index is 0.598. The molecule has 0 aliphatic rings. The highest BCUT2D eigenvalue weighted by Gasteiger charge is 2.07. The average molecular weight is 393 g/mol. The van der Waals surface area contributed by atoms with Crippen molar-refractivity contribution in [1.29, 1.82) is 0 Å². The summed E-state index contributed by atoms with van der Waals surface area (Å²) in [5.74, 6) is 2.28. The molecule has 1 aromatic heterocycles. The third-order valence-corrected chi connectivity index (χ3v) is 4.45. The van der Waals surface area contributed by atoms with Crippen molar-refractivity contribution in [2.24, 2.45) is 4.99 Å². The van der Waals surface area contributed by atoms with Crippen LogP contribution in [0.5, 0.6) is 5.75 Å². The number of benzene rings is 2. The Labute approximate surface area is 172 Å². The molecule has 152 valence electrons. The number of hydrogen-bond acceptors (Lipinski definition) is 4. The molecule has 0 radical (unpaired) electrons. The highest BCUT2D eigenvalue weighted by atomic mass is 16.5. The van der Waals surface area contributed by atoms with Gasteiger partial charge in [-0.05, 0) is 43.7 Å². The van der Waals surface area contributed by atoms with Crippen molar-refractivity contribution in [3.63, 3.8) is 0 Å². The summed E-state index contributed by atoms with van der Waals surface area (Å²) in [6.07, 6.45) is 2.47. The maximum absolute atomic E-state index is 5.62. The molecule has 2 N–H and O–H groups in total. The fourth-order valence-corrected chi connectivity index (χ4v) is 2.80. The molecule has 3 rings (SSSR count). The van der Waals surface area contributed by atoms with Crippen LogP contribution in [0.25, 0.3) is 11.5 Å². The third-order valence-electron chi connectivity index (χ3n) is 4.45. The standard InChI is InChI=1S/C23H28N4O2/c1-4-24-23(26-15-18-7-11-21(28-3)12-8-18)25-14-13-20-16-29-22(27-20)19-9-5-17(2)6-10-19/h5-12,16H,4,13-15H2,1-3H3,(H2,24,25,26). The Balaban J connectivity index is 1.53. The molecule has 1 heterocycles. The fourth-order valence-electron chi connectivity index (χ4n) is 2.80. The van der Waals surface area contributed by atoms with E-state index in [-0.39, 0.29) is 0 Å². The fraction of sp³-hybridized carbons (Fsp3) is 0.304. The van der Waals surface area contributed by atoms with Crippen LogP contribution in [0, 0.1) is 6.92 Å². The highest BCUT2D eigenvalue weighted by Crippen LogP contribution is 2.19. The zero-order valence-corrected chi connectivity index (χ0v) is 17.2. The average Bonchev–Trinajstić information content (AvgIpc) is 3.22. The van der Waals surface area contributed by atoms with Gasteiger partial charge in [0.15, 0.2) is 5.96 Å². The van der Waals surface area contributed by atoms with E-state index in [4.69, 9.17) is 9.15 Å². The van der Waals surface area contributed by atoms with Crippen molar-refractivity contribution >= 4 is 5.96 Å². The van der Waals surface area contributed by atoms with E-state index in [1.807, 2.05) is 36.4 Å². The molecule has 0 spiro atoms. The number of hydrogen-bond donors (Lipinski definition) is 2. The molecule has 0 atom stereocenters. The van der Waals surface area contributed by atoms with Crippen molar-refractivity contribution in [3.05, 3.63) is 71.6 Å². The van der Waals surface area contributed by atoms with E-state index in [2.05, 4.69) is 46.6 Å². The molecule has 29 heavy (non-hydrogen) atoms. The Hall–Kier alpha value is -3.28. The summed E-state index contributed by atoms with van der Waals surface area (Å²) in [4.78, 5) is 9.23. The molecular formula is C23H28N4O2. The molecule has 0 bridgehead atoms. The quantitative estimate of drug-likeness (QED) is 0.449. The van der Waals surface area contributed by atoms with E-state index >= 15 is 0 Å². The van der Waals surface area contributed by atoms with E-state index in [9.17, 15) is 0 Å². The largest absolute Gasteiger partial charge is 0.497 e. The third kappa shape index (κ3) is 6.10. The molecule has 0 aliphatic carbocycles. The van der Waals surface area contributed by atoms with Gasteiger partial charge < -0.3 is 19.8 Å². The van der Waals surface area contributed by atoms with Gasteiger partial charge in [0, 0.05) is 25.1 Å². The Bertz CT molecular complexity index is 915. The number of nitrogens with zero attached hydrogens (tertiary/aromatic N) is 2. The summed E-state index contributed by atoms with van der Waals surface area (Å²) in [6, 6.07) is 16.1. The minimum absolute atomic E-state index is 0.598. The van der Waals surface area contributed by atoms with Gasteiger partial charge in [-0.25, -0.2) is 9.98 Å². The number of oxazole rings is 1. The zero-order valence-electron chi connectivity index (χ0n) is 17.2. The summed E-state index contributed by atoms with van der Waals surface area (Å²) >= 11 is 0.